The third-order valence-corrected chi connectivity index (χ3v) is 3.92. The van der Waals surface area contributed by atoms with Crippen molar-refractivity contribution >= 4 is 34.2 Å². The molecule has 0 spiro atoms. The van der Waals surface area contributed by atoms with Gasteiger partial charge in [-0.2, -0.15) is 0 Å². The van der Waals surface area contributed by atoms with Gasteiger partial charge < -0.3 is 14.8 Å². The van der Waals surface area contributed by atoms with E-state index in [2.05, 4.69) is 10.3 Å². The lowest BCUT2D eigenvalue weighted by atomic mass is 10.1. The number of fused-ring (bicyclic) bond motifs is 1. The molecule has 128 valence electrons. The number of carbonyl (C=O) groups excluding carboxylic acids is 1. The van der Waals surface area contributed by atoms with Crippen molar-refractivity contribution in [2.45, 2.75) is 13.5 Å². The zero-order valence-corrected chi connectivity index (χ0v) is 13.7. The molecule has 0 aliphatic rings. The van der Waals surface area contributed by atoms with E-state index in [-0.39, 0.29) is 28.5 Å². The molecule has 0 unspecified atom stereocenters. The fourth-order valence-corrected chi connectivity index (χ4v) is 2.52. The van der Waals surface area contributed by atoms with Crippen LogP contribution in [0.5, 0.6) is 0 Å². The highest BCUT2D eigenvalue weighted by atomic mass is 35.5. The van der Waals surface area contributed by atoms with Crippen LogP contribution >= 0.6 is 11.6 Å². The maximum absolute atomic E-state index is 13.2. The lowest BCUT2D eigenvalue weighted by Gasteiger charge is -2.08. The molecule has 3 rings (SSSR count). The Morgan fingerprint density at radius 2 is 2.16 bits per heavy atom. The number of hydrogen-bond acceptors (Lipinski definition) is 5. The second-order valence-corrected chi connectivity index (χ2v) is 5.71. The standard InChI is InChI=1S/C17H12ClFN2O4/c1-8-15-11(9(7-22)6-20-8)5-12(17(24)25-15)16(23)21-10-2-3-14(19)13(18)4-10/h2-6,22H,7H2,1H3,(H,21,23). The minimum Gasteiger partial charge on any atom is -0.420 e. The Bertz CT molecular complexity index is 1050. The van der Waals surface area contributed by atoms with E-state index >= 15 is 0 Å². The average molecular weight is 363 g/mol. The molecular weight excluding hydrogens is 351 g/mol. The Balaban J connectivity index is 2.05. The lowest BCUT2D eigenvalue weighted by Crippen LogP contribution is -2.21. The van der Waals surface area contributed by atoms with E-state index in [9.17, 15) is 19.1 Å². The van der Waals surface area contributed by atoms with Crippen molar-refractivity contribution in [3.63, 3.8) is 0 Å². The first-order valence-electron chi connectivity index (χ1n) is 7.20. The Morgan fingerprint density at radius 1 is 1.40 bits per heavy atom. The van der Waals surface area contributed by atoms with Crippen molar-refractivity contribution in [1.82, 2.24) is 4.98 Å². The van der Waals surface area contributed by atoms with Gasteiger partial charge in [0.05, 0.1) is 17.3 Å². The minimum atomic E-state index is -0.849. The molecular formula is C17H12ClFN2O4. The number of hydrogen-bond donors (Lipinski definition) is 2. The van der Waals surface area contributed by atoms with Gasteiger partial charge in [-0.1, -0.05) is 11.6 Å². The first-order chi connectivity index (χ1) is 11.9. The summed E-state index contributed by atoms with van der Waals surface area (Å²) in [4.78, 5) is 28.5. The molecule has 0 fully saturated rings. The summed E-state index contributed by atoms with van der Waals surface area (Å²) in [6, 6.07) is 4.97. The summed E-state index contributed by atoms with van der Waals surface area (Å²) in [6.45, 7) is 1.32. The summed E-state index contributed by atoms with van der Waals surface area (Å²) < 4.78 is 18.4. The van der Waals surface area contributed by atoms with Crippen LogP contribution in [0.3, 0.4) is 0 Å². The highest BCUT2D eigenvalue weighted by Crippen LogP contribution is 2.22. The van der Waals surface area contributed by atoms with Crippen LogP contribution in [0.2, 0.25) is 5.02 Å². The number of amides is 1. The number of halogens is 2. The number of anilines is 1. The molecule has 0 radical (unpaired) electrons. The normalized spacial score (nSPS) is 10.9. The fraction of sp³-hybridized carbons (Fsp3) is 0.118. The molecule has 8 heteroatoms. The maximum Gasteiger partial charge on any atom is 0.349 e. The van der Waals surface area contributed by atoms with Crippen LogP contribution in [0.4, 0.5) is 10.1 Å². The number of aromatic nitrogens is 1. The molecule has 2 aromatic heterocycles. The fourth-order valence-electron chi connectivity index (χ4n) is 2.34. The number of benzene rings is 1. The number of nitrogens with one attached hydrogen (secondary N) is 1. The van der Waals surface area contributed by atoms with Gasteiger partial charge in [-0.05, 0) is 31.2 Å². The van der Waals surface area contributed by atoms with E-state index < -0.39 is 17.3 Å². The highest BCUT2D eigenvalue weighted by molar-refractivity contribution is 6.31. The summed E-state index contributed by atoms with van der Waals surface area (Å²) in [6.07, 6.45) is 1.44. The van der Waals surface area contributed by atoms with Crippen LogP contribution in [-0.2, 0) is 6.61 Å². The molecule has 3 aromatic rings. The summed E-state index contributed by atoms with van der Waals surface area (Å²) in [7, 11) is 0. The molecule has 2 N–H and O–H groups in total. The first kappa shape index (κ1) is 17.1. The van der Waals surface area contributed by atoms with Crippen molar-refractivity contribution < 1.29 is 18.7 Å². The van der Waals surface area contributed by atoms with Gasteiger partial charge in [0.2, 0.25) is 0 Å². The summed E-state index contributed by atoms with van der Waals surface area (Å²) in [5.74, 6) is -1.36. The van der Waals surface area contributed by atoms with Crippen molar-refractivity contribution in [1.29, 1.82) is 0 Å². The zero-order chi connectivity index (χ0) is 18.1. The minimum absolute atomic E-state index is 0.160. The van der Waals surface area contributed by atoms with E-state index in [1.807, 2.05) is 0 Å². The first-order valence-corrected chi connectivity index (χ1v) is 7.58. The molecule has 6 nitrogen and oxygen atoms in total. The van der Waals surface area contributed by atoms with Gasteiger partial charge in [-0.15, -0.1) is 0 Å². The van der Waals surface area contributed by atoms with Crippen molar-refractivity contribution in [2.75, 3.05) is 5.32 Å². The quantitative estimate of drug-likeness (QED) is 0.747. The Hall–Kier alpha value is -2.77. The van der Waals surface area contributed by atoms with Crippen molar-refractivity contribution in [3.05, 3.63) is 68.5 Å². The Kier molecular flexibility index (Phi) is 4.52. The highest BCUT2D eigenvalue weighted by Gasteiger charge is 2.17. The zero-order valence-electron chi connectivity index (χ0n) is 13.0. The predicted molar refractivity (Wildman–Crippen MR) is 90.3 cm³/mol. The van der Waals surface area contributed by atoms with Crippen LogP contribution in [0.1, 0.15) is 21.6 Å². The maximum atomic E-state index is 13.2. The number of carbonyl (C=O) groups is 1. The molecule has 0 aliphatic carbocycles. The van der Waals surface area contributed by atoms with E-state index in [1.54, 1.807) is 6.92 Å². The third-order valence-electron chi connectivity index (χ3n) is 3.63. The smallest absolute Gasteiger partial charge is 0.349 e. The molecule has 2 heterocycles. The Labute approximate surface area is 145 Å². The van der Waals surface area contributed by atoms with Gasteiger partial charge in [0.25, 0.3) is 5.91 Å². The van der Waals surface area contributed by atoms with Crippen molar-refractivity contribution in [2.24, 2.45) is 0 Å². The van der Waals surface area contributed by atoms with E-state index in [1.165, 1.54) is 24.4 Å². The SMILES string of the molecule is Cc1ncc(CO)c2cc(C(=O)Nc3ccc(F)c(Cl)c3)c(=O)oc12. The molecule has 0 bridgehead atoms. The summed E-state index contributed by atoms with van der Waals surface area (Å²) >= 11 is 5.67. The molecule has 0 saturated carbocycles. The predicted octanol–water partition coefficient (Wildman–Crippen LogP) is 3.03. The largest absolute Gasteiger partial charge is 0.420 e. The van der Waals surface area contributed by atoms with Gasteiger partial charge in [-0.3, -0.25) is 9.78 Å². The molecule has 0 aliphatic heterocycles. The average Bonchev–Trinajstić information content (AvgIpc) is 2.58. The number of aliphatic hydroxyl groups excluding tert-OH is 1. The lowest BCUT2D eigenvalue weighted by molar-refractivity contribution is 0.102. The van der Waals surface area contributed by atoms with E-state index in [0.29, 0.717) is 16.6 Å². The second kappa shape index (κ2) is 6.62. The Morgan fingerprint density at radius 3 is 2.84 bits per heavy atom. The van der Waals surface area contributed by atoms with Gasteiger partial charge >= 0.3 is 5.63 Å². The molecule has 25 heavy (non-hydrogen) atoms. The number of aliphatic hydroxyl groups is 1. The number of aryl methyl sites for hydroxylation is 1. The van der Waals surface area contributed by atoms with E-state index in [4.69, 9.17) is 16.0 Å². The van der Waals surface area contributed by atoms with Crippen LogP contribution in [0.25, 0.3) is 11.0 Å². The molecule has 1 aromatic carbocycles. The van der Waals surface area contributed by atoms with Crippen molar-refractivity contribution in [3.8, 4) is 0 Å². The van der Waals surface area contributed by atoms with Crippen LogP contribution < -0.4 is 10.9 Å². The summed E-state index contributed by atoms with van der Waals surface area (Å²) in [5, 5.41) is 12.1. The van der Waals surface area contributed by atoms with Gasteiger partial charge in [0.15, 0.2) is 5.58 Å². The number of nitrogens with zero attached hydrogens (tertiary/aromatic N) is 1. The number of rotatable bonds is 3. The van der Waals surface area contributed by atoms with Crippen LogP contribution in [-0.4, -0.2) is 16.0 Å². The number of pyridine rings is 1. The van der Waals surface area contributed by atoms with Crippen LogP contribution in [0.15, 0.2) is 39.7 Å². The molecule has 1 amide bonds. The molecule has 0 atom stereocenters. The van der Waals surface area contributed by atoms with Gasteiger partial charge in [0.1, 0.15) is 11.4 Å². The van der Waals surface area contributed by atoms with Crippen LogP contribution in [0, 0.1) is 12.7 Å². The van der Waals surface area contributed by atoms with E-state index in [0.717, 1.165) is 6.07 Å². The topological polar surface area (TPSA) is 92.4 Å². The second-order valence-electron chi connectivity index (χ2n) is 5.30. The monoisotopic (exact) mass is 362 g/mol. The third kappa shape index (κ3) is 3.24. The van der Waals surface area contributed by atoms with Gasteiger partial charge in [-0.25, -0.2) is 9.18 Å². The van der Waals surface area contributed by atoms with Gasteiger partial charge in [0, 0.05) is 22.8 Å². The molecule has 0 saturated heterocycles. The summed E-state index contributed by atoms with van der Waals surface area (Å²) in [5.41, 5.74) is 0.207.